The van der Waals surface area contributed by atoms with E-state index in [0.717, 1.165) is 12.8 Å². The third-order valence-electron chi connectivity index (χ3n) is 2.17. The van der Waals surface area contributed by atoms with E-state index in [4.69, 9.17) is 0 Å². The number of allylic oxidation sites excluding steroid dienone is 2. The fourth-order valence-electron chi connectivity index (χ4n) is 1.46. The second kappa shape index (κ2) is 2.54. The highest BCUT2D eigenvalue weighted by molar-refractivity contribution is 6.01. The summed E-state index contributed by atoms with van der Waals surface area (Å²) < 4.78 is 24.7. The van der Waals surface area contributed by atoms with Crippen molar-refractivity contribution in [2.75, 3.05) is 0 Å². The van der Waals surface area contributed by atoms with Gasteiger partial charge in [0.25, 0.3) is 6.43 Å². The van der Waals surface area contributed by atoms with Crippen molar-refractivity contribution in [3.8, 4) is 0 Å². The molecule has 0 bridgehead atoms. The zero-order valence-corrected chi connectivity index (χ0v) is 6.72. The van der Waals surface area contributed by atoms with Gasteiger partial charge in [-0.3, -0.25) is 0 Å². The molecule has 1 aliphatic carbocycles. The first-order valence-corrected chi connectivity index (χ1v) is 3.98. The lowest BCUT2D eigenvalue weighted by Gasteiger charge is -2.02. The van der Waals surface area contributed by atoms with Crippen LogP contribution in [0.2, 0.25) is 0 Å². The lowest BCUT2D eigenvalue weighted by atomic mass is 10.1. The summed E-state index contributed by atoms with van der Waals surface area (Å²) in [6.07, 6.45) is -0.455. The van der Waals surface area contributed by atoms with Crippen LogP contribution in [0.3, 0.4) is 0 Å². The summed E-state index contributed by atoms with van der Waals surface area (Å²) in [7, 11) is 0. The maximum absolute atomic E-state index is 12.3. The predicted octanol–water partition coefficient (Wildman–Crippen LogP) is 1.91. The zero-order chi connectivity index (χ0) is 8.72. The van der Waals surface area contributed by atoms with Crippen LogP contribution in [0.25, 0.3) is 0 Å². The molecular weight excluding hydrogens is 162 g/mol. The number of hydrogen-bond donors (Lipinski definition) is 0. The zero-order valence-electron chi connectivity index (χ0n) is 6.72. The molecule has 0 N–H and O–H groups in total. The maximum atomic E-state index is 12.3. The van der Waals surface area contributed by atoms with E-state index in [2.05, 4.69) is 10.5 Å². The Morgan fingerprint density at radius 1 is 1.42 bits per heavy atom. The Kier molecular flexibility index (Phi) is 1.63. The van der Waals surface area contributed by atoms with Crippen LogP contribution in [0.4, 0.5) is 8.78 Å². The summed E-state index contributed by atoms with van der Waals surface area (Å²) in [5, 5.41) is 3.67. The van der Waals surface area contributed by atoms with E-state index in [-0.39, 0.29) is 5.70 Å². The molecule has 1 fully saturated rings. The summed E-state index contributed by atoms with van der Waals surface area (Å²) in [6, 6.07) is 0. The first kappa shape index (κ1) is 7.71. The number of halogens is 2. The maximum Gasteiger partial charge on any atom is 0.282 e. The first-order chi connectivity index (χ1) is 5.70. The molecule has 0 spiro atoms. The standard InChI is InChI=1S/C8H9F2N2/c1-4-6(5-2-3-5)7(8(9)10)12-11-4/h5,8H,2-3H2,1H3. The van der Waals surface area contributed by atoms with E-state index >= 15 is 0 Å². The summed E-state index contributed by atoms with van der Waals surface area (Å²) in [5.74, 6) is 0.309. The highest BCUT2D eigenvalue weighted by atomic mass is 19.3. The van der Waals surface area contributed by atoms with Crippen LogP contribution in [0.5, 0.6) is 0 Å². The van der Waals surface area contributed by atoms with Gasteiger partial charge in [0, 0.05) is 5.57 Å². The average molecular weight is 171 g/mol. The molecule has 2 nitrogen and oxygen atoms in total. The third-order valence-corrected chi connectivity index (χ3v) is 2.17. The Morgan fingerprint density at radius 2 is 2.08 bits per heavy atom. The molecule has 65 valence electrons. The van der Waals surface area contributed by atoms with Gasteiger partial charge in [0.2, 0.25) is 0 Å². The second-order valence-corrected chi connectivity index (χ2v) is 3.16. The minimum absolute atomic E-state index is 0.102. The van der Waals surface area contributed by atoms with Gasteiger partial charge in [-0.05, 0) is 25.7 Å². The van der Waals surface area contributed by atoms with Crippen LogP contribution in [0.1, 0.15) is 19.8 Å². The van der Waals surface area contributed by atoms with E-state index in [1.807, 2.05) is 0 Å². The topological polar surface area (TPSA) is 26.5 Å². The minimum Gasteiger partial charge on any atom is -0.203 e. The molecular formula is C8H9F2N2. The molecule has 2 rings (SSSR count). The number of hydrogen-bond acceptors (Lipinski definition) is 1. The summed E-state index contributed by atoms with van der Waals surface area (Å²) in [6.45, 7) is 1.74. The van der Waals surface area contributed by atoms with Gasteiger partial charge in [0.15, 0.2) is 0 Å². The smallest absolute Gasteiger partial charge is 0.203 e. The van der Waals surface area contributed by atoms with Crippen molar-refractivity contribution in [3.05, 3.63) is 11.3 Å². The van der Waals surface area contributed by atoms with E-state index < -0.39 is 6.43 Å². The molecule has 0 aromatic carbocycles. The van der Waals surface area contributed by atoms with Crippen molar-refractivity contribution >= 4 is 5.71 Å². The van der Waals surface area contributed by atoms with Gasteiger partial charge < -0.3 is 0 Å². The molecule has 12 heavy (non-hydrogen) atoms. The van der Waals surface area contributed by atoms with Crippen molar-refractivity contribution in [1.82, 2.24) is 5.43 Å². The summed E-state index contributed by atoms with van der Waals surface area (Å²) in [5.41, 5.74) is 4.75. The molecule has 2 aliphatic rings. The Bertz CT molecular complexity index is 264. The van der Waals surface area contributed by atoms with Crippen LogP contribution >= 0.6 is 0 Å². The van der Waals surface area contributed by atoms with E-state index in [1.54, 1.807) is 6.92 Å². The van der Waals surface area contributed by atoms with Gasteiger partial charge in [0.05, 0.1) is 5.71 Å². The highest BCUT2D eigenvalue weighted by Gasteiger charge is 2.36. The van der Waals surface area contributed by atoms with Gasteiger partial charge in [-0.2, -0.15) is 5.10 Å². The number of nitrogens with zero attached hydrogens (tertiary/aromatic N) is 2. The molecule has 0 saturated heterocycles. The van der Waals surface area contributed by atoms with Gasteiger partial charge in [-0.1, -0.05) is 0 Å². The second-order valence-electron chi connectivity index (χ2n) is 3.16. The van der Waals surface area contributed by atoms with Gasteiger partial charge in [0.1, 0.15) is 5.70 Å². The predicted molar refractivity (Wildman–Crippen MR) is 41.0 cm³/mol. The normalized spacial score (nSPS) is 23.2. The SMILES string of the molecule is CC1=N[N]C(C(F)F)=C1C1CC1. The average Bonchev–Trinajstić information content (AvgIpc) is 2.75. The molecule has 1 saturated carbocycles. The lowest BCUT2D eigenvalue weighted by Crippen LogP contribution is -2.07. The Balaban J connectivity index is 2.28. The van der Waals surface area contributed by atoms with Crippen LogP contribution in [0, 0.1) is 5.92 Å². The molecule has 4 heteroatoms. The van der Waals surface area contributed by atoms with Gasteiger partial charge >= 0.3 is 0 Å². The first-order valence-electron chi connectivity index (χ1n) is 3.98. The summed E-state index contributed by atoms with van der Waals surface area (Å²) in [4.78, 5) is 0. The molecule has 1 radical (unpaired) electrons. The number of rotatable bonds is 2. The van der Waals surface area contributed by atoms with Crippen LogP contribution in [-0.4, -0.2) is 12.1 Å². The molecule has 0 atom stereocenters. The van der Waals surface area contributed by atoms with Crippen LogP contribution < -0.4 is 5.43 Å². The van der Waals surface area contributed by atoms with Crippen molar-refractivity contribution in [3.63, 3.8) is 0 Å². The van der Waals surface area contributed by atoms with E-state index in [1.165, 1.54) is 0 Å². The van der Waals surface area contributed by atoms with Crippen LogP contribution in [0.15, 0.2) is 16.4 Å². The quantitative estimate of drug-likeness (QED) is 0.606. The molecule has 0 unspecified atom stereocenters. The molecule has 0 amide bonds. The molecule has 0 aromatic heterocycles. The molecule has 0 aromatic rings. The highest BCUT2D eigenvalue weighted by Crippen LogP contribution is 2.41. The van der Waals surface area contributed by atoms with Gasteiger partial charge in [-0.15, -0.1) is 5.43 Å². The van der Waals surface area contributed by atoms with E-state index in [9.17, 15) is 8.78 Å². The largest absolute Gasteiger partial charge is 0.282 e. The molecule has 1 aliphatic heterocycles. The Labute approximate surface area is 69.3 Å². The van der Waals surface area contributed by atoms with E-state index in [0.29, 0.717) is 17.2 Å². The monoisotopic (exact) mass is 171 g/mol. The lowest BCUT2D eigenvalue weighted by molar-refractivity contribution is 0.179. The van der Waals surface area contributed by atoms with Crippen molar-refractivity contribution < 1.29 is 8.78 Å². The van der Waals surface area contributed by atoms with Gasteiger partial charge in [-0.25, -0.2) is 8.78 Å². The van der Waals surface area contributed by atoms with Crippen molar-refractivity contribution in [2.45, 2.75) is 26.2 Å². The minimum atomic E-state index is -2.47. The number of alkyl halides is 2. The summed E-state index contributed by atoms with van der Waals surface area (Å²) >= 11 is 0. The Hall–Kier alpha value is -0.930. The van der Waals surface area contributed by atoms with Crippen LogP contribution in [-0.2, 0) is 0 Å². The Morgan fingerprint density at radius 3 is 2.58 bits per heavy atom. The fraction of sp³-hybridized carbons (Fsp3) is 0.625. The fourth-order valence-corrected chi connectivity index (χ4v) is 1.46. The van der Waals surface area contributed by atoms with Crippen molar-refractivity contribution in [2.24, 2.45) is 11.0 Å². The van der Waals surface area contributed by atoms with Crippen molar-refractivity contribution in [1.29, 1.82) is 0 Å². The molecule has 1 heterocycles. The third kappa shape index (κ3) is 1.11.